The van der Waals surface area contributed by atoms with Crippen LogP contribution in [0.3, 0.4) is 0 Å². The van der Waals surface area contributed by atoms with Gasteiger partial charge in [0.05, 0.1) is 6.04 Å². The van der Waals surface area contributed by atoms with Crippen LogP contribution in [0.25, 0.3) is 11.3 Å². The van der Waals surface area contributed by atoms with Crippen molar-refractivity contribution in [3.05, 3.63) is 76.4 Å². The Bertz CT molecular complexity index is 815. The minimum atomic E-state index is -0.261. The molecule has 23 heavy (non-hydrogen) atoms. The Balaban J connectivity index is 1.73. The van der Waals surface area contributed by atoms with Gasteiger partial charge in [0.25, 0.3) is 5.91 Å². The van der Waals surface area contributed by atoms with Crippen LogP contribution >= 0.6 is 15.9 Å². The topological polar surface area (TPSA) is 55.1 Å². The largest absolute Gasteiger partial charge is 0.355 e. The highest BCUT2D eigenvalue weighted by Gasteiger charge is 2.16. The number of rotatable bonds is 4. The molecule has 1 N–H and O–H groups in total. The fraction of sp³-hybridized carbons (Fsp3) is 0.111. The van der Waals surface area contributed by atoms with Crippen molar-refractivity contribution in [1.29, 1.82) is 0 Å². The fourth-order valence-electron chi connectivity index (χ4n) is 2.25. The third kappa shape index (κ3) is 3.68. The van der Waals surface area contributed by atoms with Crippen LogP contribution < -0.4 is 5.32 Å². The third-order valence-corrected chi connectivity index (χ3v) is 3.99. The van der Waals surface area contributed by atoms with Crippen LogP contribution in [0, 0.1) is 0 Å². The quantitative estimate of drug-likeness (QED) is 0.730. The van der Waals surface area contributed by atoms with E-state index in [2.05, 4.69) is 26.4 Å². The minimum absolute atomic E-state index is 0.128. The predicted molar refractivity (Wildman–Crippen MR) is 92.0 cm³/mol. The average molecular weight is 371 g/mol. The molecule has 116 valence electrons. The van der Waals surface area contributed by atoms with E-state index < -0.39 is 0 Å². The van der Waals surface area contributed by atoms with Crippen molar-refractivity contribution in [2.75, 3.05) is 0 Å². The Labute approximate surface area is 142 Å². The van der Waals surface area contributed by atoms with Crippen LogP contribution in [0.2, 0.25) is 0 Å². The number of hydrogen-bond donors (Lipinski definition) is 1. The number of carbonyl (C=O) groups is 1. The molecule has 0 saturated carbocycles. The first-order valence-corrected chi connectivity index (χ1v) is 8.01. The van der Waals surface area contributed by atoms with Gasteiger partial charge in [0.15, 0.2) is 11.5 Å². The second-order valence-corrected chi connectivity index (χ2v) is 6.11. The zero-order valence-electron chi connectivity index (χ0n) is 12.5. The maximum absolute atomic E-state index is 12.3. The SMILES string of the molecule is CC(NC(=O)c1cc(-c2ccccc2)on1)c1cccc(Br)c1. The van der Waals surface area contributed by atoms with Crippen LogP contribution in [0.4, 0.5) is 0 Å². The number of carbonyl (C=O) groups excluding carboxylic acids is 1. The van der Waals surface area contributed by atoms with Crippen molar-refractivity contribution < 1.29 is 9.32 Å². The summed E-state index contributed by atoms with van der Waals surface area (Å²) in [6.45, 7) is 1.93. The molecule has 0 aliphatic heterocycles. The van der Waals surface area contributed by atoms with Crippen molar-refractivity contribution in [1.82, 2.24) is 10.5 Å². The van der Waals surface area contributed by atoms with Crippen molar-refractivity contribution in [3.8, 4) is 11.3 Å². The number of amides is 1. The van der Waals surface area contributed by atoms with E-state index >= 15 is 0 Å². The minimum Gasteiger partial charge on any atom is -0.355 e. The molecular weight excluding hydrogens is 356 g/mol. The Kier molecular flexibility index (Phi) is 4.57. The lowest BCUT2D eigenvalue weighted by Gasteiger charge is -2.13. The van der Waals surface area contributed by atoms with Gasteiger partial charge in [-0.1, -0.05) is 63.6 Å². The van der Waals surface area contributed by atoms with Crippen molar-refractivity contribution >= 4 is 21.8 Å². The molecule has 3 aromatic rings. The zero-order valence-corrected chi connectivity index (χ0v) is 14.1. The van der Waals surface area contributed by atoms with Crippen LogP contribution in [0.15, 0.2) is 69.7 Å². The highest BCUT2D eigenvalue weighted by Crippen LogP contribution is 2.21. The maximum Gasteiger partial charge on any atom is 0.273 e. The van der Waals surface area contributed by atoms with Crippen molar-refractivity contribution in [2.24, 2.45) is 0 Å². The summed E-state index contributed by atoms with van der Waals surface area (Å²) in [7, 11) is 0. The number of nitrogens with zero attached hydrogens (tertiary/aromatic N) is 1. The molecule has 4 nitrogen and oxygen atoms in total. The monoisotopic (exact) mass is 370 g/mol. The predicted octanol–water partition coefficient (Wildman–Crippen LogP) is 4.60. The third-order valence-electron chi connectivity index (χ3n) is 3.50. The van der Waals surface area contributed by atoms with E-state index in [4.69, 9.17) is 4.52 Å². The van der Waals surface area contributed by atoms with Gasteiger partial charge in [-0.3, -0.25) is 4.79 Å². The molecule has 1 unspecified atom stereocenters. The summed E-state index contributed by atoms with van der Waals surface area (Å²) >= 11 is 3.43. The first-order chi connectivity index (χ1) is 11.1. The van der Waals surface area contributed by atoms with E-state index in [1.165, 1.54) is 0 Å². The summed E-state index contributed by atoms with van der Waals surface area (Å²) in [6.07, 6.45) is 0. The molecular formula is C18H15BrN2O2. The molecule has 0 fully saturated rings. The van der Waals surface area contributed by atoms with Gasteiger partial charge in [-0.15, -0.1) is 0 Å². The molecule has 5 heteroatoms. The maximum atomic E-state index is 12.3. The van der Waals surface area contributed by atoms with E-state index in [1.54, 1.807) is 6.07 Å². The van der Waals surface area contributed by atoms with Gasteiger partial charge in [-0.25, -0.2) is 0 Å². The second-order valence-electron chi connectivity index (χ2n) is 5.19. The van der Waals surface area contributed by atoms with Gasteiger partial charge in [0.2, 0.25) is 0 Å². The molecule has 0 saturated heterocycles. The van der Waals surface area contributed by atoms with Crippen LogP contribution in [0.5, 0.6) is 0 Å². The van der Waals surface area contributed by atoms with Crippen LogP contribution in [0.1, 0.15) is 29.0 Å². The van der Waals surface area contributed by atoms with E-state index in [1.807, 2.05) is 61.5 Å². The first kappa shape index (κ1) is 15.5. The van der Waals surface area contributed by atoms with Crippen molar-refractivity contribution in [2.45, 2.75) is 13.0 Å². The molecule has 0 radical (unpaired) electrons. The fourth-order valence-corrected chi connectivity index (χ4v) is 2.67. The Morgan fingerprint density at radius 2 is 1.91 bits per heavy atom. The van der Waals surface area contributed by atoms with Gasteiger partial charge in [0.1, 0.15) is 0 Å². The summed E-state index contributed by atoms with van der Waals surface area (Å²) < 4.78 is 6.24. The highest BCUT2D eigenvalue weighted by atomic mass is 79.9. The lowest BCUT2D eigenvalue weighted by molar-refractivity contribution is 0.0931. The molecule has 1 heterocycles. The average Bonchev–Trinajstić information content (AvgIpc) is 3.06. The van der Waals surface area contributed by atoms with E-state index in [-0.39, 0.29) is 17.6 Å². The number of halogens is 1. The molecule has 0 aliphatic rings. The molecule has 0 bridgehead atoms. The Hall–Kier alpha value is -2.40. The number of hydrogen-bond acceptors (Lipinski definition) is 3. The molecule has 1 amide bonds. The molecule has 0 spiro atoms. The number of nitrogens with one attached hydrogen (secondary N) is 1. The van der Waals surface area contributed by atoms with Gasteiger partial charge >= 0.3 is 0 Å². The second kappa shape index (κ2) is 6.79. The summed E-state index contributed by atoms with van der Waals surface area (Å²) in [5, 5.41) is 6.78. The molecule has 1 aromatic heterocycles. The summed E-state index contributed by atoms with van der Waals surface area (Å²) in [4.78, 5) is 12.3. The number of benzene rings is 2. The standard InChI is InChI=1S/C18H15BrN2O2/c1-12(14-8-5-9-15(19)10-14)20-18(22)16-11-17(23-21-16)13-6-3-2-4-7-13/h2-12H,1H3,(H,20,22). The summed E-state index contributed by atoms with van der Waals surface area (Å²) in [5.74, 6) is 0.314. The van der Waals surface area contributed by atoms with Gasteiger partial charge in [-0.2, -0.15) is 0 Å². The lowest BCUT2D eigenvalue weighted by Crippen LogP contribution is -2.26. The zero-order chi connectivity index (χ0) is 16.2. The normalized spacial score (nSPS) is 11.9. The van der Waals surface area contributed by atoms with Gasteiger partial charge in [0, 0.05) is 16.1 Å². The summed E-state index contributed by atoms with van der Waals surface area (Å²) in [6, 6.07) is 18.9. The lowest BCUT2D eigenvalue weighted by atomic mass is 10.1. The highest BCUT2D eigenvalue weighted by molar-refractivity contribution is 9.10. The van der Waals surface area contributed by atoms with Crippen molar-refractivity contribution in [3.63, 3.8) is 0 Å². The molecule has 0 aliphatic carbocycles. The smallest absolute Gasteiger partial charge is 0.273 e. The van der Waals surface area contributed by atoms with E-state index in [0.29, 0.717) is 5.76 Å². The molecule has 1 atom stereocenters. The first-order valence-electron chi connectivity index (χ1n) is 7.22. The van der Waals surface area contributed by atoms with E-state index in [9.17, 15) is 4.79 Å². The van der Waals surface area contributed by atoms with Gasteiger partial charge < -0.3 is 9.84 Å². The van der Waals surface area contributed by atoms with Crippen LogP contribution in [-0.4, -0.2) is 11.1 Å². The molecule has 2 aromatic carbocycles. The van der Waals surface area contributed by atoms with Gasteiger partial charge in [-0.05, 0) is 24.6 Å². The Morgan fingerprint density at radius 1 is 1.13 bits per heavy atom. The number of aromatic nitrogens is 1. The van der Waals surface area contributed by atoms with E-state index in [0.717, 1.165) is 15.6 Å². The summed E-state index contributed by atoms with van der Waals surface area (Å²) in [5.41, 5.74) is 2.17. The van der Waals surface area contributed by atoms with Crippen LogP contribution in [-0.2, 0) is 0 Å². The molecule has 3 rings (SSSR count). The Morgan fingerprint density at radius 3 is 2.65 bits per heavy atom.